The molecule has 1 saturated heterocycles. The summed E-state index contributed by atoms with van der Waals surface area (Å²) in [6, 6.07) is 13.5. The number of hydrogen-bond acceptors (Lipinski definition) is 6. The number of ketones is 1. The maximum absolute atomic E-state index is 13.4. The van der Waals surface area contributed by atoms with Gasteiger partial charge in [0, 0.05) is 10.7 Å². The van der Waals surface area contributed by atoms with Crippen LogP contribution in [0.3, 0.4) is 0 Å². The summed E-state index contributed by atoms with van der Waals surface area (Å²) in [7, 11) is 2.77. The normalized spacial score (nSPS) is 16.9. The number of aliphatic hydroxyl groups is 1. The van der Waals surface area contributed by atoms with Crippen LogP contribution >= 0.6 is 23.2 Å². The van der Waals surface area contributed by atoms with E-state index in [-0.39, 0.29) is 44.3 Å². The van der Waals surface area contributed by atoms with Crippen LogP contribution in [0.5, 0.6) is 17.2 Å². The van der Waals surface area contributed by atoms with Gasteiger partial charge in [0.1, 0.15) is 11.5 Å². The molecule has 0 saturated carbocycles. The Morgan fingerprint density at radius 1 is 0.973 bits per heavy atom. The Balaban J connectivity index is 1.99. The molecule has 2 N–H and O–H groups in total. The predicted molar refractivity (Wildman–Crippen MR) is 143 cm³/mol. The lowest BCUT2D eigenvalue weighted by molar-refractivity contribution is -0.132. The van der Waals surface area contributed by atoms with Gasteiger partial charge in [-0.05, 0) is 53.4 Å². The Labute approximate surface area is 224 Å². The highest BCUT2D eigenvalue weighted by atomic mass is 35.5. The fraction of sp³-hybridized carbons (Fsp3) is 0.214. The summed E-state index contributed by atoms with van der Waals surface area (Å²) in [4.78, 5) is 28.1. The third-order valence-corrected chi connectivity index (χ3v) is 6.77. The Kier molecular flexibility index (Phi) is 7.39. The van der Waals surface area contributed by atoms with Crippen LogP contribution in [-0.2, 0) is 9.59 Å². The van der Waals surface area contributed by atoms with Crippen LogP contribution in [0.1, 0.15) is 42.5 Å². The third kappa shape index (κ3) is 4.72. The van der Waals surface area contributed by atoms with E-state index in [1.807, 2.05) is 26.0 Å². The SMILES string of the molecule is COc1ccc(C2/C(=C(\O)c3cc(Cl)cc(Cl)c3OC)C(=O)C(=O)N2c2ccc(C(C)C)cc2)cc1O. The van der Waals surface area contributed by atoms with Crippen molar-refractivity contribution in [2.45, 2.75) is 25.8 Å². The van der Waals surface area contributed by atoms with E-state index in [9.17, 15) is 19.8 Å². The van der Waals surface area contributed by atoms with Crippen molar-refractivity contribution in [1.29, 1.82) is 0 Å². The second-order valence-corrected chi connectivity index (χ2v) is 9.66. The molecule has 192 valence electrons. The molecule has 1 heterocycles. The Morgan fingerprint density at radius 2 is 1.65 bits per heavy atom. The number of phenolic OH excluding ortho intramolecular Hbond substituents is 1. The Hall–Kier alpha value is -3.68. The molecule has 3 aromatic carbocycles. The van der Waals surface area contributed by atoms with Gasteiger partial charge in [-0.2, -0.15) is 0 Å². The van der Waals surface area contributed by atoms with Crippen molar-refractivity contribution >= 4 is 46.3 Å². The fourth-order valence-corrected chi connectivity index (χ4v) is 4.97. The first kappa shape index (κ1) is 26.4. The molecule has 0 spiro atoms. The zero-order valence-corrected chi connectivity index (χ0v) is 22.1. The summed E-state index contributed by atoms with van der Waals surface area (Å²) >= 11 is 12.5. The summed E-state index contributed by atoms with van der Waals surface area (Å²) in [6.45, 7) is 4.09. The number of methoxy groups -OCH3 is 2. The van der Waals surface area contributed by atoms with E-state index in [0.717, 1.165) is 5.56 Å². The van der Waals surface area contributed by atoms with E-state index in [0.29, 0.717) is 11.3 Å². The highest BCUT2D eigenvalue weighted by Gasteiger charge is 2.47. The van der Waals surface area contributed by atoms with Crippen molar-refractivity contribution in [1.82, 2.24) is 0 Å². The number of aliphatic hydroxyl groups excluding tert-OH is 1. The number of hydrogen-bond donors (Lipinski definition) is 2. The molecule has 0 radical (unpaired) electrons. The van der Waals surface area contributed by atoms with Crippen molar-refractivity contribution in [3.8, 4) is 17.2 Å². The highest BCUT2D eigenvalue weighted by Crippen LogP contribution is 2.46. The number of aromatic hydroxyl groups is 1. The number of carbonyl (C=O) groups is 2. The fourth-order valence-electron chi connectivity index (χ4n) is 4.40. The molecule has 3 aromatic rings. The molecule has 7 nitrogen and oxygen atoms in total. The molecule has 1 aliphatic rings. The molecule has 9 heteroatoms. The monoisotopic (exact) mass is 541 g/mol. The number of phenols is 1. The minimum atomic E-state index is -1.08. The van der Waals surface area contributed by atoms with Crippen LogP contribution in [0, 0.1) is 0 Å². The largest absolute Gasteiger partial charge is 0.507 e. The topological polar surface area (TPSA) is 96.3 Å². The Bertz CT molecular complexity index is 1410. The highest BCUT2D eigenvalue weighted by molar-refractivity contribution is 6.52. The molecule has 0 aromatic heterocycles. The molecule has 1 atom stereocenters. The standard InChI is InChI=1S/C28H25Cl2NO6/c1-14(2)15-5-8-18(9-6-15)31-24(16-7-10-22(36-3)21(32)11-16)23(26(34)28(31)35)25(33)19-12-17(29)13-20(30)27(19)37-4/h5-14,24,32-33H,1-4H3/b25-23+. The van der Waals surface area contributed by atoms with Crippen molar-refractivity contribution in [3.05, 3.63) is 86.9 Å². The molecular weight excluding hydrogens is 517 g/mol. The average Bonchev–Trinajstić information content (AvgIpc) is 3.13. The van der Waals surface area contributed by atoms with Gasteiger partial charge in [0.2, 0.25) is 0 Å². The summed E-state index contributed by atoms with van der Waals surface area (Å²) in [6.07, 6.45) is 0. The predicted octanol–water partition coefficient (Wildman–Crippen LogP) is 6.47. The number of Topliss-reactive ketones (excluding diaryl/α,β-unsaturated/α-hetero) is 1. The number of anilines is 1. The van der Waals surface area contributed by atoms with Crippen molar-refractivity contribution in [2.75, 3.05) is 19.1 Å². The molecule has 1 aliphatic heterocycles. The second kappa shape index (κ2) is 10.4. The number of amides is 1. The number of rotatable bonds is 6. The number of ether oxygens (including phenoxy) is 2. The lowest BCUT2D eigenvalue weighted by Gasteiger charge is -2.26. The van der Waals surface area contributed by atoms with Gasteiger partial charge in [-0.15, -0.1) is 0 Å². The average molecular weight is 542 g/mol. The molecule has 1 fully saturated rings. The van der Waals surface area contributed by atoms with Gasteiger partial charge in [0.05, 0.1) is 36.4 Å². The lowest BCUT2D eigenvalue weighted by Crippen LogP contribution is -2.29. The maximum Gasteiger partial charge on any atom is 0.300 e. The number of benzene rings is 3. The van der Waals surface area contributed by atoms with Crippen molar-refractivity contribution in [3.63, 3.8) is 0 Å². The van der Waals surface area contributed by atoms with Gasteiger partial charge >= 0.3 is 0 Å². The first-order valence-electron chi connectivity index (χ1n) is 11.4. The Morgan fingerprint density at radius 3 is 2.22 bits per heavy atom. The molecule has 1 amide bonds. The molecule has 4 rings (SSSR count). The van der Waals surface area contributed by atoms with Gasteiger partial charge < -0.3 is 19.7 Å². The molecular formula is C28H25Cl2NO6. The van der Waals surface area contributed by atoms with E-state index in [1.54, 1.807) is 18.2 Å². The van der Waals surface area contributed by atoms with Gasteiger partial charge in [0.25, 0.3) is 11.7 Å². The minimum Gasteiger partial charge on any atom is -0.507 e. The molecule has 0 bridgehead atoms. The summed E-state index contributed by atoms with van der Waals surface area (Å²) in [5.41, 5.74) is 1.72. The van der Waals surface area contributed by atoms with Crippen LogP contribution < -0.4 is 14.4 Å². The van der Waals surface area contributed by atoms with Crippen LogP contribution in [-0.4, -0.2) is 36.1 Å². The zero-order chi connectivity index (χ0) is 27.0. The van der Waals surface area contributed by atoms with Crippen LogP contribution in [0.15, 0.2) is 60.2 Å². The first-order valence-corrected chi connectivity index (χ1v) is 12.2. The minimum absolute atomic E-state index is 0.0517. The van der Waals surface area contributed by atoms with E-state index in [2.05, 4.69) is 0 Å². The quantitative estimate of drug-likeness (QED) is 0.211. The van der Waals surface area contributed by atoms with E-state index >= 15 is 0 Å². The smallest absolute Gasteiger partial charge is 0.300 e. The maximum atomic E-state index is 13.4. The number of carbonyl (C=O) groups excluding carboxylic acids is 2. The van der Waals surface area contributed by atoms with Crippen LogP contribution in [0.4, 0.5) is 5.69 Å². The molecule has 1 unspecified atom stereocenters. The lowest BCUT2D eigenvalue weighted by atomic mass is 9.94. The summed E-state index contributed by atoms with van der Waals surface area (Å²) in [5, 5.41) is 22.3. The molecule has 0 aliphatic carbocycles. The van der Waals surface area contributed by atoms with E-state index in [1.165, 1.54) is 43.4 Å². The zero-order valence-electron chi connectivity index (χ0n) is 20.6. The van der Waals surface area contributed by atoms with Crippen molar-refractivity contribution in [2.24, 2.45) is 0 Å². The van der Waals surface area contributed by atoms with E-state index in [4.69, 9.17) is 32.7 Å². The number of nitrogens with zero attached hydrogens (tertiary/aromatic N) is 1. The van der Waals surface area contributed by atoms with Crippen LogP contribution in [0.25, 0.3) is 5.76 Å². The van der Waals surface area contributed by atoms with Crippen LogP contribution in [0.2, 0.25) is 10.0 Å². The summed E-state index contributed by atoms with van der Waals surface area (Å²) in [5.74, 6) is -1.89. The molecule has 37 heavy (non-hydrogen) atoms. The van der Waals surface area contributed by atoms with Gasteiger partial charge in [-0.3, -0.25) is 14.5 Å². The first-order chi connectivity index (χ1) is 17.6. The van der Waals surface area contributed by atoms with Gasteiger partial charge in [-0.25, -0.2) is 0 Å². The second-order valence-electron chi connectivity index (χ2n) is 8.82. The van der Waals surface area contributed by atoms with Crippen molar-refractivity contribution < 1.29 is 29.3 Å². The number of halogens is 2. The van der Waals surface area contributed by atoms with Gasteiger partial charge in [0.15, 0.2) is 11.5 Å². The summed E-state index contributed by atoms with van der Waals surface area (Å²) < 4.78 is 10.5. The van der Waals surface area contributed by atoms with Gasteiger partial charge in [-0.1, -0.05) is 55.2 Å². The van der Waals surface area contributed by atoms with E-state index < -0.39 is 23.5 Å². The third-order valence-electron chi connectivity index (χ3n) is 6.27.